The number of nitrogens with zero attached hydrogens (tertiary/aromatic N) is 1. The van der Waals surface area contributed by atoms with E-state index in [0.29, 0.717) is 5.92 Å². The van der Waals surface area contributed by atoms with Crippen molar-refractivity contribution in [2.45, 2.75) is 6.42 Å². The standard InChI is InChI=1S/C9H11NS2/c1-6-5-8-7(3-4-12-8)9(11)10(6)2/h5,7H,1,3-4H2,2H3. The summed E-state index contributed by atoms with van der Waals surface area (Å²) >= 11 is 7.28. The molecule has 0 saturated carbocycles. The van der Waals surface area contributed by atoms with Crippen LogP contribution in [0, 0.1) is 5.92 Å². The number of thiocarbonyl (C=S) groups is 1. The minimum absolute atomic E-state index is 0.514. The van der Waals surface area contributed by atoms with E-state index in [1.54, 1.807) is 0 Å². The van der Waals surface area contributed by atoms with Crippen molar-refractivity contribution in [2.75, 3.05) is 12.8 Å². The summed E-state index contributed by atoms with van der Waals surface area (Å²) in [6.07, 6.45) is 3.37. The van der Waals surface area contributed by atoms with Crippen LogP contribution in [0.1, 0.15) is 6.42 Å². The molecule has 0 bridgehead atoms. The summed E-state index contributed by atoms with van der Waals surface area (Å²) in [5, 5.41) is 0. The summed E-state index contributed by atoms with van der Waals surface area (Å²) in [5.41, 5.74) is 1.03. The minimum Gasteiger partial charge on any atom is -0.339 e. The Morgan fingerprint density at radius 3 is 3.25 bits per heavy atom. The minimum atomic E-state index is 0.514. The second kappa shape index (κ2) is 2.89. The predicted molar refractivity (Wildman–Crippen MR) is 58.1 cm³/mol. The normalized spacial score (nSPS) is 28.9. The van der Waals surface area contributed by atoms with Crippen LogP contribution >= 0.6 is 24.0 Å². The van der Waals surface area contributed by atoms with Crippen molar-refractivity contribution in [3.8, 4) is 0 Å². The Balaban J connectivity index is 2.38. The van der Waals surface area contributed by atoms with Crippen molar-refractivity contribution in [3.63, 3.8) is 0 Å². The first-order valence-electron chi connectivity index (χ1n) is 4.01. The van der Waals surface area contributed by atoms with E-state index in [4.69, 9.17) is 12.2 Å². The van der Waals surface area contributed by atoms with Gasteiger partial charge in [-0.2, -0.15) is 0 Å². The SMILES string of the molecule is C=C1C=C2SCCC2C(=S)N1C. The number of allylic oxidation sites excluding steroid dienone is 1. The number of rotatable bonds is 0. The fraction of sp³-hybridized carbons (Fsp3) is 0.444. The van der Waals surface area contributed by atoms with Crippen LogP contribution in [0.25, 0.3) is 0 Å². The molecule has 3 heteroatoms. The van der Waals surface area contributed by atoms with Crippen LogP contribution in [0.15, 0.2) is 23.3 Å². The van der Waals surface area contributed by atoms with Crippen LogP contribution in [0.3, 0.4) is 0 Å². The zero-order valence-corrected chi connectivity index (χ0v) is 8.67. The number of hydrogen-bond donors (Lipinski definition) is 0. The number of likely N-dealkylation sites (N-methyl/N-ethyl adjacent to an activating group) is 1. The lowest BCUT2D eigenvalue weighted by atomic mass is 10.0. The van der Waals surface area contributed by atoms with Gasteiger partial charge >= 0.3 is 0 Å². The van der Waals surface area contributed by atoms with Crippen molar-refractivity contribution in [1.82, 2.24) is 4.90 Å². The fourth-order valence-corrected chi connectivity index (χ4v) is 3.24. The van der Waals surface area contributed by atoms with E-state index < -0.39 is 0 Å². The lowest BCUT2D eigenvalue weighted by Crippen LogP contribution is -2.32. The second-order valence-electron chi connectivity index (χ2n) is 3.13. The first kappa shape index (κ1) is 8.32. The van der Waals surface area contributed by atoms with Crippen molar-refractivity contribution in [2.24, 2.45) is 5.92 Å². The van der Waals surface area contributed by atoms with Gasteiger partial charge in [-0.25, -0.2) is 0 Å². The van der Waals surface area contributed by atoms with Gasteiger partial charge in [0.15, 0.2) is 0 Å². The molecule has 0 radical (unpaired) electrons. The molecule has 0 spiro atoms. The van der Waals surface area contributed by atoms with Gasteiger partial charge in [0, 0.05) is 18.7 Å². The molecule has 0 aromatic carbocycles. The molecule has 2 heterocycles. The molecule has 2 aliphatic rings. The Morgan fingerprint density at radius 2 is 2.50 bits per heavy atom. The Labute approximate surface area is 82.5 Å². The maximum absolute atomic E-state index is 5.35. The third-order valence-corrected chi connectivity index (χ3v) is 4.12. The smallest absolute Gasteiger partial charge is 0.0902 e. The molecule has 12 heavy (non-hydrogen) atoms. The number of thioether (sulfide) groups is 1. The number of fused-ring (bicyclic) bond motifs is 1. The maximum Gasteiger partial charge on any atom is 0.0902 e. The highest BCUT2D eigenvalue weighted by Crippen LogP contribution is 2.41. The van der Waals surface area contributed by atoms with E-state index in [9.17, 15) is 0 Å². The highest BCUT2D eigenvalue weighted by molar-refractivity contribution is 8.03. The molecule has 0 aliphatic carbocycles. The third kappa shape index (κ3) is 1.12. The Bertz CT molecular complexity index is 280. The average molecular weight is 197 g/mol. The molecule has 1 nitrogen and oxygen atoms in total. The molecule has 0 aromatic heterocycles. The van der Waals surface area contributed by atoms with Crippen molar-refractivity contribution >= 4 is 29.0 Å². The Morgan fingerprint density at radius 1 is 1.75 bits per heavy atom. The zero-order valence-electron chi connectivity index (χ0n) is 7.04. The molecule has 2 rings (SSSR count). The summed E-state index contributed by atoms with van der Waals surface area (Å²) in [4.78, 5) is 4.49. The van der Waals surface area contributed by atoms with Gasteiger partial charge in [-0.15, -0.1) is 11.8 Å². The van der Waals surface area contributed by atoms with E-state index in [-0.39, 0.29) is 0 Å². The molecule has 1 fully saturated rings. The van der Waals surface area contributed by atoms with Crippen LogP contribution in [-0.4, -0.2) is 22.7 Å². The maximum atomic E-state index is 5.35. The molecule has 1 atom stereocenters. The molecule has 0 aromatic rings. The van der Waals surface area contributed by atoms with Crippen LogP contribution < -0.4 is 0 Å². The van der Waals surface area contributed by atoms with Crippen LogP contribution in [-0.2, 0) is 0 Å². The summed E-state index contributed by atoms with van der Waals surface area (Å²) in [6, 6.07) is 0. The predicted octanol–water partition coefficient (Wildman–Crippen LogP) is 2.41. The zero-order chi connectivity index (χ0) is 8.72. The molecule has 2 aliphatic heterocycles. The lowest BCUT2D eigenvalue weighted by molar-refractivity contribution is 0.596. The van der Waals surface area contributed by atoms with Crippen LogP contribution in [0.4, 0.5) is 0 Å². The lowest BCUT2D eigenvalue weighted by Gasteiger charge is -2.29. The van der Waals surface area contributed by atoms with Gasteiger partial charge in [-0.3, -0.25) is 0 Å². The van der Waals surface area contributed by atoms with Gasteiger partial charge in [0.05, 0.1) is 4.99 Å². The van der Waals surface area contributed by atoms with Gasteiger partial charge in [0.25, 0.3) is 0 Å². The molecular weight excluding hydrogens is 186 g/mol. The Kier molecular flexibility index (Phi) is 2.00. The van der Waals surface area contributed by atoms with Crippen molar-refractivity contribution in [1.29, 1.82) is 0 Å². The van der Waals surface area contributed by atoms with Crippen molar-refractivity contribution in [3.05, 3.63) is 23.3 Å². The monoisotopic (exact) mass is 197 g/mol. The summed E-state index contributed by atoms with van der Waals surface area (Å²) in [6.45, 7) is 3.95. The van der Waals surface area contributed by atoms with Gasteiger partial charge < -0.3 is 4.90 Å². The summed E-state index contributed by atoms with van der Waals surface area (Å²) < 4.78 is 0. The first-order chi connectivity index (χ1) is 5.70. The van der Waals surface area contributed by atoms with Gasteiger partial charge in [-0.05, 0) is 23.2 Å². The van der Waals surface area contributed by atoms with Crippen LogP contribution in [0.2, 0.25) is 0 Å². The van der Waals surface area contributed by atoms with E-state index in [0.717, 1.165) is 10.7 Å². The van der Waals surface area contributed by atoms with Gasteiger partial charge in [-0.1, -0.05) is 18.8 Å². The van der Waals surface area contributed by atoms with Gasteiger partial charge in [0.2, 0.25) is 0 Å². The Hall–Kier alpha value is -0.280. The van der Waals surface area contributed by atoms with E-state index in [2.05, 4.69) is 12.7 Å². The highest BCUT2D eigenvalue weighted by atomic mass is 32.2. The molecule has 0 amide bonds. The molecular formula is C9H11NS2. The molecule has 1 unspecified atom stereocenters. The van der Waals surface area contributed by atoms with Crippen LogP contribution in [0.5, 0.6) is 0 Å². The first-order valence-corrected chi connectivity index (χ1v) is 5.40. The highest BCUT2D eigenvalue weighted by Gasteiger charge is 2.31. The number of hydrogen-bond acceptors (Lipinski definition) is 2. The summed E-state index contributed by atoms with van der Waals surface area (Å²) in [7, 11) is 2.00. The molecule has 0 N–H and O–H groups in total. The molecule has 64 valence electrons. The largest absolute Gasteiger partial charge is 0.339 e. The van der Waals surface area contributed by atoms with Crippen molar-refractivity contribution < 1.29 is 0 Å². The van der Waals surface area contributed by atoms with E-state index in [1.165, 1.54) is 17.1 Å². The quantitative estimate of drug-likeness (QED) is 0.549. The van der Waals surface area contributed by atoms with Gasteiger partial charge in [0.1, 0.15) is 0 Å². The fourth-order valence-electron chi connectivity index (χ4n) is 1.56. The van der Waals surface area contributed by atoms with E-state index in [1.807, 2.05) is 23.7 Å². The average Bonchev–Trinajstić information content (AvgIpc) is 2.48. The molecule has 1 saturated heterocycles. The second-order valence-corrected chi connectivity index (χ2v) is 4.71. The third-order valence-electron chi connectivity index (χ3n) is 2.39. The summed E-state index contributed by atoms with van der Waals surface area (Å²) in [5.74, 6) is 1.72. The topological polar surface area (TPSA) is 3.24 Å². The van der Waals surface area contributed by atoms with E-state index >= 15 is 0 Å².